The van der Waals surface area contributed by atoms with Crippen LogP contribution in [0.1, 0.15) is 58.3 Å². The number of carbonyl (C=O) groups is 6. The van der Waals surface area contributed by atoms with Crippen molar-refractivity contribution in [2.24, 2.45) is 29.6 Å². The molecule has 2 aromatic rings. The number of ether oxygens (including phenoxy) is 12. The minimum atomic E-state index is -0.821. The Labute approximate surface area is 415 Å². The number of fused-ring (bicyclic) bond motifs is 3. The Hall–Kier alpha value is -5.46. The molecule has 6 saturated heterocycles. The quantitative estimate of drug-likeness (QED) is 0.158. The van der Waals surface area contributed by atoms with Gasteiger partial charge in [-0.1, -0.05) is 43.3 Å². The van der Waals surface area contributed by atoms with E-state index in [1.165, 1.54) is 7.11 Å². The third-order valence-corrected chi connectivity index (χ3v) is 13.9. The van der Waals surface area contributed by atoms with Crippen LogP contribution in [-0.4, -0.2) is 171 Å². The number of carboxylic acid groups (broad SMARTS) is 2. The van der Waals surface area contributed by atoms with Gasteiger partial charge in [-0.15, -0.1) is 0 Å². The molecule has 12 unspecified atom stereocenters. The summed E-state index contributed by atoms with van der Waals surface area (Å²) in [6.45, 7) is 3.75. The number of benzene rings is 2. The summed E-state index contributed by atoms with van der Waals surface area (Å²) in [6, 6.07) is 17.6. The van der Waals surface area contributed by atoms with Crippen LogP contribution < -0.4 is 9.47 Å². The molecular weight excluding hydrogens is 953 g/mol. The second-order valence-corrected chi connectivity index (χ2v) is 18.8. The Morgan fingerprint density at radius 3 is 1.24 bits per heavy atom. The van der Waals surface area contributed by atoms with Gasteiger partial charge in [-0.05, 0) is 75.6 Å². The molecule has 2 aliphatic carbocycles. The summed E-state index contributed by atoms with van der Waals surface area (Å²) < 4.78 is 64.4. The highest BCUT2D eigenvalue weighted by Crippen LogP contribution is 2.36. The van der Waals surface area contributed by atoms with Crippen LogP contribution in [0, 0.1) is 29.6 Å². The second kappa shape index (κ2) is 26.0. The van der Waals surface area contributed by atoms with E-state index in [4.69, 9.17) is 77.3 Å². The number of methoxy groups -OCH3 is 1. The average Bonchev–Trinajstić information content (AvgIpc) is 4.26. The van der Waals surface area contributed by atoms with Crippen LogP contribution in [0.4, 0.5) is 9.59 Å². The van der Waals surface area contributed by atoms with Crippen LogP contribution in [0.3, 0.4) is 0 Å². The maximum absolute atomic E-state index is 12.7. The van der Waals surface area contributed by atoms with Crippen LogP contribution in [0.5, 0.6) is 11.5 Å². The largest absolute Gasteiger partial charge is 0.519 e. The van der Waals surface area contributed by atoms with Gasteiger partial charge in [-0.25, -0.2) is 9.59 Å². The van der Waals surface area contributed by atoms with Crippen LogP contribution in [0.2, 0.25) is 0 Å². The molecular formula is C50H64O22. The Morgan fingerprint density at radius 2 is 0.806 bits per heavy atom. The number of esters is 2. The molecule has 6 heterocycles. The predicted molar refractivity (Wildman–Crippen MR) is 242 cm³/mol. The summed E-state index contributed by atoms with van der Waals surface area (Å²) >= 11 is 0. The van der Waals surface area contributed by atoms with Crippen LogP contribution in [-0.2, 0) is 66.5 Å². The number of rotatable bonds is 9. The second-order valence-electron chi connectivity index (χ2n) is 18.8. The van der Waals surface area contributed by atoms with E-state index in [0.717, 1.165) is 0 Å². The standard InChI is InChI=1S/C23H32O11.C13H10O3.C8H12O4.C6H10O4/c1-11-7-28-18-15(9-29-17(11)18)33-23(26)34-16-10-31-19-14(8-30-20(16)19)32-22(25)13-5-3-12(4-6-13)21(24)27-2;14-13(15-11-7-3-1-4-8-11)16-12-9-5-2-6-10-12;9-7(10)5-1-2-6(4-3-5)8(11)12;7-3-1-9-6-4(8)2-10-5(3)6/h11-20H,3-10H2,1-2H3;1-10H;5-6H,1-4H2,(H,9,10)(H,11,12);3-8H,1-2H2. The first-order chi connectivity index (χ1) is 34.7. The van der Waals surface area contributed by atoms with E-state index in [1.54, 1.807) is 48.5 Å². The lowest BCUT2D eigenvalue weighted by molar-refractivity contribution is -0.161. The monoisotopic (exact) mass is 1020 g/mol. The fourth-order valence-electron chi connectivity index (χ4n) is 9.88. The number of carbonyl (C=O) groups excluding carboxylic acids is 4. The fourth-order valence-corrected chi connectivity index (χ4v) is 9.88. The van der Waals surface area contributed by atoms with Crippen LogP contribution >= 0.6 is 0 Å². The molecule has 2 saturated carbocycles. The molecule has 22 heteroatoms. The van der Waals surface area contributed by atoms with E-state index in [-0.39, 0.29) is 99.0 Å². The zero-order valence-corrected chi connectivity index (χ0v) is 40.0. The number of para-hydroxylation sites is 2. The lowest BCUT2D eigenvalue weighted by Gasteiger charge is -2.27. The van der Waals surface area contributed by atoms with E-state index in [1.807, 2.05) is 19.1 Å². The Morgan fingerprint density at radius 1 is 0.444 bits per heavy atom. The molecule has 4 N–H and O–H groups in total. The minimum Gasteiger partial charge on any atom is -0.481 e. The molecule has 0 amide bonds. The summed E-state index contributed by atoms with van der Waals surface area (Å²) in [5, 5.41) is 35.5. The van der Waals surface area contributed by atoms with Gasteiger partial charge in [0.25, 0.3) is 0 Å². The normalized spacial score (nSPS) is 34.8. The molecule has 72 heavy (non-hydrogen) atoms. The molecule has 12 atom stereocenters. The average molecular weight is 1020 g/mol. The van der Waals surface area contributed by atoms with Gasteiger partial charge in [0, 0.05) is 5.92 Å². The molecule has 22 nitrogen and oxygen atoms in total. The number of carboxylic acids is 2. The first-order valence-corrected chi connectivity index (χ1v) is 24.4. The molecule has 0 spiro atoms. The number of aliphatic carboxylic acids is 2. The van der Waals surface area contributed by atoms with E-state index in [9.17, 15) is 28.8 Å². The summed E-state index contributed by atoms with van der Waals surface area (Å²) in [5.74, 6) is -2.01. The first-order valence-electron chi connectivity index (χ1n) is 24.4. The molecule has 396 valence electrons. The smallest absolute Gasteiger partial charge is 0.481 e. The Bertz CT molecular complexity index is 2010. The maximum atomic E-state index is 12.7. The van der Waals surface area contributed by atoms with Gasteiger partial charge in [0.1, 0.15) is 54.2 Å². The minimum absolute atomic E-state index is 0.0684. The maximum Gasteiger partial charge on any atom is 0.519 e. The van der Waals surface area contributed by atoms with Gasteiger partial charge in [-0.2, -0.15) is 0 Å². The summed E-state index contributed by atoms with van der Waals surface area (Å²) in [7, 11) is 1.38. The summed E-state index contributed by atoms with van der Waals surface area (Å²) in [5.41, 5.74) is 0. The van der Waals surface area contributed by atoms with E-state index in [2.05, 4.69) is 0 Å². The zero-order valence-electron chi connectivity index (χ0n) is 40.0. The SMILES string of the molecule is COC(=O)C1CCC(C(=O)OC2COC3C(OC(=O)OC4COC5C(C)COC45)COC23)CC1.O=C(O)C1CCC(C(=O)O)CC1.O=C(Oc1ccccc1)Oc1ccccc1.OC1COC2C(O)COC12. The van der Waals surface area contributed by atoms with Gasteiger partial charge in [0.15, 0.2) is 18.3 Å². The van der Waals surface area contributed by atoms with Crippen molar-refractivity contribution in [1.29, 1.82) is 0 Å². The molecule has 2 aromatic carbocycles. The molecule has 0 aromatic heterocycles. The van der Waals surface area contributed by atoms with Crippen molar-refractivity contribution >= 4 is 36.2 Å². The van der Waals surface area contributed by atoms with Crippen molar-refractivity contribution < 1.29 is 106 Å². The zero-order chi connectivity index (χ0) is 51.3. The molecule has 0 radical (unpaired) electrons. The van der Waals surface area contributed by atoms with E-state index < -0.39 is 67.0 Å². The summed E-state index contributed by atoms with van der Waals surface area (Å²) in [4.78, 5) is 69.1. The molecule has 10 rings (SSSR count). The lowest BCUT2D eigenvalue weighted by atomic mass is 9.82. The third kappa shape index (κ3) is 14.4. The highest BCUT2D eigenvalue weighted by atomic mass is 16.8. The Balaban J connectivity index is 0.000000164. The van der Waals surface area contributed by atoms with E-state index >= 15 is 0 Å². The van der Waals surface area contributed by atoms with Crippen molar-refractivity contribution in [3.8, 4) is 11.5 Å². The van der Waals surface area contributed by atoms with Crippen LogP contribution in [0.25, 0.3) is 0 Å². The van der Waals surface area contributed by atoms with Crippen molar-refractivity contribution in [1.82, 2.24) is 0 Å². The number of hydrogen-bond acceptors (Lipinski definition) is 20. The van der Waals surface area contributed by atoms with Gasteiger partial charge >= 0.3 is 36.2 Å². The molecule has 0 bridgehead atoms. The highest BCUT2D eigenvalue weighted by Gasteiger charge is 2.53. The number of aliphatic hydroxyl groups excluding tert-OH is 2. The molecule has 6 aliphatic heterocycles. The highest BCUT2D eigenvalue weighted by molar-refractivity contribution is 5.75. The third-order valence-electron chi connectivity index (χ3n) is 13.9. The number of aliphatic hydroxyl groups is 2. The topological polar surface area (TPSA) is 294 Å². The number of hydrogen-bond donors (Lipinski definition) is 4. The van der Waals surface area contributed by atoms with Crippen molar-refractivity contribution in [2.75, 3.05) is 46.8 Å². The van der Waals surface area contributed by atoms with Gasteiger partial charge in [0.2, 0.25) is 0 Å². The van der Waals surface area contributed by atoms with Gasteiger partial charge in [-0.3, -0.25) is 19.2 Å². The van der Waals surface area contributed by atoms with Crippen LogP contribution in [0.15, 0.2) is 60.7 Å². The van der Waals surface area contributed by atoms with Gasteiger partial charge < -0.3 is 77.3 Å². The van der Waals surface area contributed by atoms with Crippen molar-refractivity contribution in [2.45, 2.75) is 125 Å². The first kappa shape index (κ1) is 54.3. The molecule has 8 fully saturated rings. The van der Waals surface area contributed by atoms with Crippen molar-refractivity contribution in [3.05, 3.63) is 60.7 Å². The van der Waals surface area contributed by atoms with Crippen molar-refractivity contribution in [3.63, 3.8) is 0 Å². The fraction of sp³-hybridized carbons (Fsp3) is 0.640. The lowest BCUT2D eigenvalue weighted by Crippen LogP contribution is -2.38. The van der Waals surface area contributed by atoms with E-state index in [0.29, 0.717) is 69.5 Å². The Kier molecular flexibility index (Phi) is 19.6. The van der Waals surface area contributed by atoms with Gasteiger partial charge in [0.05, 0.1) is 76.5 Å². The summed E-state index contributed by atoms with van der Waals surface area (Å²) in [6.07, 6.45) is -1.99. The molecule has 8 aliphatic rings. The predicted octanol–water partition coefficient (Wildman–Crippen LogP) is 3.73.